The number of carbonyl (C=O) groups excluding carboxylic acids is 1. The molecule has 1 aliphatic rings. The molecule has 1 atom stereocenters. The average molecular weight is 268 g/mol. The summed E-state index contributed by atoms with van der Waals surface area (Å²) >= 11 is 0. The summed E-state index contributed by atoms with van der Waals surface area (Å²) in [5.74, 6) is 0.370. The van der Waals surface area contributed by atoms with Gasteiger partial charge >= 0.3 is 0 Å². The van der Waals surface area contributed by atoms with E-state index in [9.17, 15) is 4.79 Å². The molecule has 0 spiro atoms. The summed E-state index contributed by atoms with van der Waals surface area (Å²) in [6, 6.07) is 0. The first-order valence-corrected chi connectivity index (χ1v) is 8.09. The third-order valence-corrected chi connectivity index (χ3v) is 4.33. The van der Waals surface area contributed by atoms with Crippen molar-refractivity contribution in [3.8, 4) is 0 Å². The Morgan fingerprint density at radius 3 is 2.68 bits per heavy atom. The van der Waals surface area contributed by atoms with E-state index in [1.165, 1.54) is 25.7 Å². The van der Waals surface area contributed by atoms with E-state index in [0.29, 0.717) is 11.3 Å². The molecule has 1 heterocycles. The standard InChI is InChI=1S/C16H32N2O/c1-3-10-16(2)11-8-13-18(14-16)15(19)9-6-4-5-7-12-17/h3-14,17H2,1-2H3. The summed E-state index contributed by atoms with van der Waals surface area (Å²) in [4.78, 5) is 14.3. The molecular formula is C16H32N2O. The van der Waals surface area contributed by atoms with Gasteiger partial charge in [0.25, 0.3) is 0 Å². The second-order valence-corrected chi connectivity index (χ2v) is 6.43. The molecular weight excluding hydrogens is 236 g/mol. The normalized spacial score (nSPS) is 23.6. The molecule has 1 fully saturated rings. The second kappa shape index (κ2) is 8.57. The van der Waals surface area contributed by atoms with Crippen molar-refractivity contribution in [2.45, 2.75) is 71.6 Å². The van der Waals surface area contributed by atoms with Crippen LogP contribution >= 0.6 is 0 Å². The monoisotopic (exact) mass is 268 g/mol. The molecule has 19 heavy (non-hydrogen) atoms. The number of piperidine rings is 1. The highest BCUT2D eigenvalue weighted by Crippen LogP contribution is 2.34. The molecule has 0 bridgehead atoms. The van der Waals surface area contributed by atoms with Crippen molar-refractivity contribution in [1.29, 1.82) is 0 Å². The quantitative estimate of drug-likeness (QED) is 0.686. The Balaban J connectivity index is 2.27. The van der Waals surface area contributed by atoms with E-state index in [0.717, 1.165) is 51.7 Å². The van der Waals surface area contributed by atoms with E-state index in [2.05, 4.69) is 18.7 Å². The number of likely N-dealkylation sites (tertiary alicyclic amines) is 1. The molecule has 3 heteroatoms. The van der Waals surface area contributed by atoms with E-state index in [1.54, 1.807) is 0 Å². The molecule has 0 aromatic rings. The molecule has 1 saturated heterocycles. The van der Waals surface area contributed by atoms with Crippen molar-refractivity contribution in [1.82, 2.24) is 4.90 Å². The number of hydrogen-bond donors (Lipinski definition) is 1. The van der Waals surface area contributed by atoms with Gasteiger partial charge in [0.2, 0.25) is 5.91 Å². The largest absolute Gasteiger partial charge is 0.342 e. The smallest absolute Gasteiger partial charge is 0.222 e. The minimum atomic E-state index is 0.363. The van der Waals surface area contributed by atoms with Gasteiger partial charge in [0, 0.05) is 19.5 Å². The first-order valence-electron chi connectivity index (χ1n) is 8.09. The van der Waals surface area contributed by atoms with Gasteiger partial charge in [0.15, 0.2) is 0 Å². The van der Waals surface area contributed by atoms with E-state index in [-0.39, 0.29) is 0 Å². The second-order valence-electron chi connectivity index (χ2n) is 6.43. The van der Waals surface area contributed by atoms with Crippen molar-refractivity contribution in [3.05, 3.63) is 0 Å². The number of carbonyl (C=O) groups is 1. The first-order chi connectivity index (χ1) is 9.11. The molecule has 3 nitrogen and oxygen atoms in total. The molecule has 1 rings (SSSR count). The number of nitrogens with two attached hydrogens (primary N) is 1. The Bertz CT molecular complexity index is 263. The predicted octanol–water partition coefficient (Wildman–Crippen LogP) is 3.32. The van der Waals surface area contributed by atoms with Crippen LogP contribution in [-0.4, -0.2) is 30.4 Å². The summed E-state index contributed by atoms with van der Waals surface area (Å²) in [5, 5.41) is 0. The maximum Gasteiger partial charge on any atom is 0.222 e. The fourth-order valence-electron chi connectivity index (χ4n) is 3.27. The molecule has 0 aliphatic carbocycles. The van der Waals surface area contributed by atoms with Crippen LogP contribution in [0.1, 0.15) is 71.6 Å². The lowest BCUT2D eigenvalue weighted by Gasteiger charge is -2.40. The third kappa shape index (κ3) is 5.94. The van der Waals surface area contributed by atoms with Gasteiger partial charge in [-0.3, -0.25) is 4.79 Å². The van der Waals surface area contributed by atoms with E-state index in [4.69, 9.17) is 5.73 Å². The number of amides is 1. The zero-order valence-corrected chi connectivity index (χ0v) is 12.9. The van der Waals surface area contributed by atoms with E-state index >= 15 is 0 Å². The molecule has 2 N–H and O–H groups in total. The van der Waals surface area contributed by atoms with E-state index in [1.807, 2.05) is 0 Å². The summed E-state index contributed by atoms with van der Waals surface area (Å²) in [5.41, 5.74) is 5.83. The number of nitrogens with zero attached hydrogens (tertiary/aromatic N) is 1. The molecule has 112 valence electrons. The van der Waals surface area contributed by atoms with Crippen LogP contribution in [0.4, 0.5) is 0 Å². The van der Waals surface area contributed by atoms with Gasteiger partial charge < -0.3 is 10.6 Å². The van der Waals surface area contributed by atoms with Gasteiger partial charge in [-0.2, -0.15) is 0 Å². The van der Waals surface area contributed by atoms with Crippen LogP contribution in [0.15, 0.2) is 0 Å². The maximum absolute atomic E-state index is 12.2. The molecule has 0 aromatic heterocycles. The van der Waals surface area contributed by atoms with E-state index < -0.39 is 0 Å². The lowest BCUT2D eigenvalue weighted by molar-refractivity contribution is -0.134. The molecule has 1 aliphatic heterocycles. The number of unbranched alkanes of at least 4 members (excludes halogenated alkanes) is 3. The lowest BCUT2D eigenvalue weighted by Crippen LogP contribution is -2.44. The summed E-state index contributed by atoms with van der Waals surface area (Å²) < 4.78 is 0. The van der Waals surface area contributed by atoms with Gasteiger partial charge in [0.1, 0.15) is 0 Å². The number of hydrogen-bond acceptors (Lipinski definition) is 2. The molecule has 0 saturated carbocycles. The zero-order chi connectivity index (χ0) is 14.1. The van der Waals surface area contributed by atoms with Gasteiger partial charge in [0.05, 0.1) is 0 Å². The Hall–Kier alpha value is -0.570. The van der Waals surface area contributed by atoms with Crippen LogP contribution in [0.2, 0.25) is 0 Å². The third-order valence-electron chi connectivity index (χ3n) is 4.33. The van der Waals surface area contributed by atoms with Crippen LogP contribution in [0.5, 0.6) is 0 Å². The molecule has 1 amide bonds. The first kappa shape index (κ1) is 16.5. The molecule has 1 unspecified atom stereocenters. The number of rotatable bonds is 8. The van der Waals surface area contributed by atoms with Crippen LogP contribution < -0.4 is 5.73 Å². The summed E-state index contributed by atoms with van der Waals surface area (Å²) in [6.45, 7) is 7.31. The molecule has 0 aromatic carbocycles. The van der Waals surface area contributed by atoms with Crippen molar-refractivity contribution >= 4 is 5.91 Å². The highest BCUT2D eigenvalue weighted by atomic mass is 16.2. The van der Waals surface area contributed by atoms with Crippen molar-refractivity contribution in [2.24, 2.45) is 11.1 Å². The van der Waals surface area contributed by atoms with Gasteiger partial charge in [-0.15, -0.1) is 0 Å². The molecule has 0 radical (unpaired) electrons. The highest BCUT2D eigenvalue weighted by molar-refractivity contribution is 5.76. The Morgan fingerprint density at radius 2 is 2.00 bits per heavy atom. The summed E-state index contributed by atoms with van der Waals surface area (Å²) in [7, 11) is 0. The van der Waals surface area contributed by atoms with Crippen LogP contribution in [0, 0.1) is 5.41 Å². The van der Waals surface area contributed by atoms with Gasteiger partial charge in [-0.25, -0.2) is 0 Å². The zero-order valence-electron chi connectivity index (χ0n) is 12.9. The minimum absolute atomic E-state index is 0.363. The Labute approximate surface area is 118 Å². The SMILES string of the molecule is CCCC1(C)CCCN(C(=O)CCCCCCN)C1. The predicted molar refractivity (Wildman–Crippen MR) is 81.0 cm³/mol. The van der Waals surface area contributed by atoms with Crippen molar-refractivity contribution in [2.75, 3.05) is 19.6 Å². The fourth-order valence-corrected chi connectivity index (χ4v) is 3.27. The maximum atomic E-state index is 12.2. The highest BCUT2D eigenvalue weighted by Gasteiger charge is 2.31. The topological polar surface area (TPSA) is 46.3 Å². The fraction of sp³-hybridized carbons (Fsp3) is 0.938. The van der Waals surface area contributed by atoms with Crippen LogP contribution in [0.25, 0.3) is 0 Å². The lowest BCUT2D eigenvalue weighted by atomic mass is 9.78. The van der Waals surface area contributed by atoms with Crippen LogP contribution in [-0.2, 0) is 4.79 Å². The van der Waals surface area contributed by atoms with Gasteiger partial charge in [-0.05, 0) is 44.1 Å². The van der Waals surface area contributed by atoms with Crippen LogP contribution in [0.3, 0.4) is 0 Å². The average Bonchev–Trinajstić information content (AvgIpc) is 2.38. The van der Waals surface area contributed by atoms with Crippen molar-refractivity contribution in [3.63, 3.8) is 0 Å². The Morgan fingerprint density at radius 1 is 1.26 bits per heavy atom. The van der Waals surface area contributed by atoms with Crippen molar-refractivity contribution < 1.29 is 4.79 Å². The minimum Gasteiger partial charge on any atom is -0.342 e. The van der Waals surface area contributed by atoms with Gasteiger partial charge in [-0.1, -0.05) is 33.1 Å². The Kier molecular flexibility index (Phi) is 7.44. The summed E-state index contributed by atoms with van der Waals surface area (Å²) in [6.07, 6.45) is 10.1.